The Balaban J connectivity index is 1.60. The number of carbonyl (C=O) groups is 5. The fraction of sp³-hybridized carbons (Fsp3) is 0.150. The van der Waals surface area contributed by atoms with Gasteiger partial charge in [-0.1, -0.05) is 12.1 Å². The standard InChI is InChI=1S/C20H18N4O5/c21-17(26)11-8-12(18(22)27)10-13(9-11)23-16(25)6-3-7-24-19(28)14-4-1-2-5-15(14)20(24)29/h1-2,4-5,8-10H,3,6-7H2,(H2,21,26)(H2,22,27)(H,23,25). The second-order valence-corrected chi connectivity index (χ2v) is 6.49. The van der Waals surface area contributed by atoms with Gasteiger partial charge < -0.3 is 16.8 Å². The molecule has 2 aromatic carbocycles. The van der Waals surface area contributed by atoms with E-state index < -0.39 is 17.7 Å². The number of nitrogens with zero attached hydrogens (tertiary/aromatic N) is 1. The largest absolute Gasteiger partial charge is 0.366 e. The summed E-state index contributed by atoms with van der Waals surface area (Å²) in [5.41, 5.74) is 11.4. The highest BCUT2D eigenvalue weighted by molar-refractivity contribution is 6.21. The molecule has 0 unspecified atom stereocenters. The first kappa shape index (κ1) is 19.7. The maximum atomic E-state index is 12.3. The third-order valence-corrected chi connectivity index (χ3v) is 4.45. The van der Waals surface area contributed by atoms with Gasteiger partial charge in [-0.25, -0.2) is 0 Å². The van der Waals surface area contributed by atoms with Crippen molar-refractivity contribution in [2.24, 2.45) is 11.5 Å². The number of rotatable bonds is 7. The highest BCUT2D eigenvalue weighted by atomic mass is 16.2. The van der Waals surface area contributed by atoms with Crippen LogP contribution in [0.25, 0.3) is 0 Å². The molecule has 3 rings (SSSR count). The number of hydrogen-bond donors (Lipinski definition) is 3. The fourth-order valence-corrected chi connectivity index (χ4v) is 3.05. The van der Waals surface area contributed by atoms with Crippen LogP contribution >= 0.6 is 0 Å². The quantitative estimate of drug-likeness (QED) is 0.596. The fourth-order valence-electron chi connectivity index (χ4n) is 3.05. The molecule has 5 amide bonds. The lowest BCUT2D eigenvalue weighted by atomic mass is 10.1. The van der Waals surface area contributed by atoms with Gasteiger partial charge in [0, 0.05) is 29.8 Å². The molecule has 29 heavy (non-hydrogen) atoms. The number of anilines is 1. The van der Waals surface area contributed by atoms with Gasteiger partial charge in [0.15, 0.2) is 0 Å². The van der Waals surface area contributed by atoms with Crippen molar-refractivity contribution in [2.45, 2.75) is 12.8 Å². The number of primary amides is 2. The number of fused-ring (bicyclic) bond motifs is 1. The van der Waals surface area contributed by atoms with E-state index in [1.165, 1.54) is 18.2 Å². The second-order valence-electron chi connectivity index (χ2n) is 6.49. The Labute approximate surface area is 165 Å². The van der Waals surface area contributed by atoms with Gasteiger partial charge in [0.2, 0.25) is 17.7 Å². The Morgan fingerprint density at radius 3 is 1.86 bits per heavy atom. The summed E-state index contributed by atoms with van der Waals surface area (Å²) < 4.78 is 0. The number of nitrogens with two attached hydrogens (primary N) is 2. The Morgan fingerprint density at radius 2 is 1.38 bits per heavy atom. The Bertz CT molecular complexity index is 980. The van der Waals surface area contributed by atoms with Gasteiger partial charge in [0.05, 0.1) is 11.1 Å². The van der Waals surface area contributed by atoms with Crippen LogP contribution in [0.2, 0.25) is 0 Å². The van der Waals surface area contributed by atoms with E-state index in [1.54, 1.807) is 24.3 Å². The van der Waals surface area contributed by atoms with Crippen molar-refractivity contribution in [1.82, 2.24) is 4.90 Å². The zero-order chi connectivity index (χ0) is 21.1. The molecule has 1 aliphatic heterocycles. The molecule has 0 radical (unpaired) electrons. The molecule has 9 nitrogen and oxygen atoms in total. The highest BCUT2D eigenvalue weighted by Crippen LogP contribution is 2.22. The molecule has 2 aromatic rings. The van der Waals surface area contributed by atoms with E-state index in [4.69, 9.17) is 11.5 Å². The highest BCUT2D eigenvalue weighted by Gasteiger charge is 2.34. The zero-order valence-corrected chi connectivity index (χ0v) is 15.3. The number of carbonyl (C=O) groups excluding carboxylic acids is 5. The summed E-state index contributed by atoms with van der Waals surface area (Å²) in [6, 6.07) is 10.4. The summed E-state index contributed by atoms with van der Waals surface area (Å²) in [6.07, 6.45) is 0.260. The van der Waals surface area contributed by atoms with Crippen molar-refractivity contribution in [2.75, 3.05) is 11.9 Å². The molecule has 1 aliphatic rings. The lowest BCUT2D eigenvalue weighted by Gasteiger charge is -2.13. The predicted octanol–water partition coefficient (Wildman–Crippen LogP) is 0.899. The summed E-state index contributed by atoms with van der Waals surface area (Å²) in [6.45, 7) is 0.0909. The van der Waals surface area contributed by atoms with Gasteiger partial charge in [-0.3, -0.25) is 28.9 Å². The molecule has 0 fully saturated rings. The average Bonchev–Trinajstić information content (AvgIpc) is 2.92. The van der Waals surface area contributed by atoms with Crippen LogP contribution < -0.4 is 16.8 Å². The third kappa shape index (κ3) is 4.13. The van der Waals surface area contributed by atoms with Gasteiger partial charge in [-0.2, -0.15) is 0 Å². The number of hydrogen-bond acceptors (Lipinski definition) is 5. The maximum absolute atomic E-state index is 12.3. The zero-order valence-electron chi connectivity index (χ0n) is 15.3. The predicted molar refractivity (Wildman–Crippen MR) is 103 cm³/mol. The van der Waals surface area contributed by atoms with Crippen LogP contribution in [-0.4, -0.2) is 41.0 Å². The molecule has 0 aromatic heterocycles. The summed E-state index contributed by atoms with van der Waals surface area (Å²) in [7, 11) is 0. The van der Waals surface area contributed by atoms with E-state index in [1.807, 2.05) is 0 Å². The molecule has 0 saturated heterocycles. The minimum absolute atomic E-state index is 0.0140. The van der Waals surface area contributed by atoms with Crippen molar-refractivity contribution in [3.8, 4) is 0 Å². The smallest absolute Gasteiger partial charge is 0.261 e. The molecule has 9 heteroatoms. The van der Waals surface area contributed by atoms with E-state index >= 15 is 0 Å². The second kappa shape index (κ2) is 7.93. The normalized spacial score (nSPS) is 12.6. The van der Waals surface area contributed by atoms with Crippen LogP contribution in [0.3, 0.4) is 0 Å². The summed E-state index contributed by atoms with van der Waals surface area (Å²) in [5, 5.41) is 2.55. The molecule has 5 N–H and O–H groups in total. The Morgan fingerprint density at radius 1 is 0.862 bits per heavy atom. The average molecular weight is 394 g/mol. The van der Waals surface area contributed by atoms with Crippen LogP contribution in [0.5, 0.6) is 0 Å². The van der Waals surface area contributed by atoms with Crippen LogP contribution in [0.1, 0.15) is 54.3 Å². The first-order valence-electron chi connectivity index (χ1n) is 8.77. The molecular weight excluding hydrogens is 376 g/mol. The van der Waals surface area contributed by atoms with Crippen LogP contribution in [0, 0.1) is 0 Å². The molecule has 1 heterocycles. The SMILES string of the molecule is NC(=O)c1cc(NC(=O)CCCN2C(=O)c3ccccc3C2=O)cc(C(N)=O)c1. The van der Waals surface area contributed by atoms with E-state index in [-0.39, 0.29) is 48.0 Å². The minimum atomic E-state index is -0.769. The van der Waals surface area contributed by atoms with Crippen molar-refractivity contribution in [3.05, 3.63) is 64.7 Å². The summed E-state index contributed by atoms with van der Waals surface area (Å²) in [5.74, 6) is -2.72. The summed E-state index contributed by atoms with van der Waals surface area (Å²) in [4.78, 5) is 60.6. The van der Waals surface area contributed by atoms with Gasteiger partial charge in [0.1, 0.15) is 0 Å². The monoisotopic (exact) mass is 394 g/mol. The molecule has 148 valence electrons. The van der Waals surface area contributed by atoms with Gasteiger partial charge in [0.25, 0.3) is 11.8 Å². The van der Waals surface area contributed by atoms with Crippen molar-refractivity contribution >= 4 is 35.2 Å². The van der Waals surface area contributed by atoms with Crippen molar-refractivity contribution < 1.29 is 24.0 Å². The third-order valence-electron chi connectivity index (χ3n) is 4.45. The van der Waals surface area contributed by atoms with E-state index in [0.29, 0.717) is 11.1 Å². The molecule has 0 atom stereocenters. The molecule has 0 saturated carbocycles. The molecule has 0 bridgehead atoms. The first-order valence-corrected chi connectivity index (χ1v) is 8.77. The van der Waals surface area contributed by atoms with E-state index in [2.05, 4.69) is 5.32 Å². The lowest BCUT2D eigenvalue weighted by Crippen LogP contribution is -2.31. The maximum Gasteiger partial charge on any atom is 0.261 e. The molecular formula is C20H18N4O5. The number of benzene rings is 2. The summed E-state index contributed by atoms with van der Waals surface area (Å²) >= 11 is 0. The topological polar surface area (TPSA) is 153 Å². The van der Waals surface area contributed by atoms with E-state index in [0.717, 1.165) is 4.90 Å². The molecule has 0 spiro atoms. The minimum Gasteiger partial charge on any atom is -0.366 e. The van der Waals surface area contributed by atoms with Crippen LogP contribution in [0.15, 0.2) is 42.5 Å². The van der Waals surface area contributed by atoms with Crippen molar-refractivity contribution in [3.63, 3.8) is 0 Å². The van der Waals surface area contributed by atoms with Crippen molar-refractivity contribution in [1.29, 1.82) is 0 Å². The first-order chi connectivity index (χ1) is 13.8. The number of amides is 5. The Kier molecular flexibility index (Phi) is 5.40. The Hall–Kier alpha value is -4.01. The number of imide groups is 1. The van der Waals surface area contributed by atoms with Crippen LogP contribution in [-0.2, 0) is 4.79 Å². The van der Waals surface area contributed by atoms with Crippen LogP contribution in [0.4, 0.5) is 5.69 Å². The lowest BCUT2D eigenvalue weighted by molar-refractivity contribution is -0.116. The van der Waals surface area contributed by atoms with E-state index in [9.17, 15) is 24.0 Å². The van der Waals surface area contributed by atoms with Gasteiger partial charge in [-0.15, -0.1) is 0 Å². The molecule has 0 aliphatic carbocycles. The van der Waals surface area contributed by atoms with Gasteiger partial charge in [-0.05, 0) is 36.8 Å². The number of nitrogens with one attached hydrogen (secondary N) is 1. The van der Waals surface area contributed by atoms with Gasteiger partial charge >= 0.3 is 0 Å².